The monoisotopic (exact) mass is 364 g/mol. The van der Waals surface area contributed by atoms with Crippen LogP contribution in [0.25, 0.3) is 0 Å². The first kappa shape index (κ1) is 19.3. The molecular formula is C24H28O3. The van der Waals surface area contributed by atoms with Gasteiger partial charge in [-0.05, 0) is 46.9 Å². The Morgan fingerprint density at radius 1 is 0.926 bits per heavy atom. The van der Waals surface area contributed by atoms with Crippen LogP contribution in [0, 0.1) is 5.92 Å². The second-order valence-corrected chi connectivity index (χ2v) is 8.52. The van der Waals surface area contributed by atoms with E-state index in [0.29, 0.717) is 22.6 Å². The minimum Gasteiger partial charge on any atom is -0.462 e. The van der Waals surface area contributed by atoms with Gasteiger partial charge in [-0.3, -0.25) is 4.79 Å². The van der Waals surface area contributed by atoms with E-state index in [1.807, 2.05) is 12.1 Å². The second kappa shape index (κ2) is 6.63. The van der Waals surface area contributed by atoms with Crippen LogP contribution in [0.4, 0.5) is 0 Å². The Hall–Kier alpha value is -2.42. The highest BCUT2D eigenvalue weighted by atomic mass is 16.5. The van der Waals surface area contributed by atoms with Crippen molar-refractivity contribution in [3.63, 3.8) is 0 Å². The van der Waals surface area contributed by atoms with E-state index in [-0.39, 0.29) is 23.2 Å². The Morgan fingerprint density at radius 2 is 1.52 bits per heavy atom. The highest BCUT2D eigenvalue weighted by molar-refractivity contribution is 6.14. The summed E-state index contributed by atoms with van der Waals surface area (Å²) >= 11 is 0. The maximum absolute atomic E-state index is 13.2. The summed E-state index contributed by atoms with van der Waals surface area (Å²) in [5.74, 6) is -0.149. The molecule has 2 aromatic rings. The smallest absolute Gasteiger partial charge is 0.338 e. The minimum atomic E-state index is -0.460. The molecule has 1 aliphatic rings. The van der Waals surface area contributed by atoms with E-state index in [2.05, 4.69) is 40.7 Å². The molecule has 1 unspecified atom stereocenters. The molecule has 0 fully saturated rings. The van der Waals surface area contributed by atoms with E-state index in [4.69, 9.17) is 4.74 Å². The third-order valence-corrected chi connectivity index (χ3v) is 6.50. The first-order chi connectivity index (χ1) is 12.6. The maximum Gasteiger partial charge on any atom is 0.338 e. The number of hydrogen-bond donors (Lipinski definition) is 0. The van der Waals surface area contributed by atoms with E-state index in [1.54, 1.807) is 31.2 Å². The van der Waals surface area contributed by atoms with Crippen LogP contribution in [0.2, 0.25) is 0 Å². The lowest BCUT2D eigenvalue weighted by Crippen LogP contribution is -2.30. The summed E-state index contributed by atoms with van der Waals surface area (Å²) in [6.07, 6.45) is 0. The van der Waals surface area contributed by atoms with E-state index >= 15 is 0 Å². The van der Waals surface area contributed by atoms with Gasteiger partial charge in [0.25, 0.3) is 0 Å². The molecule has 0 radical (unpaired) electrons. The van der Waals surface area contributed by atoms with Gasteiger partial charge in [-0.1, -0.05) is 65.0 Å². The van der Waals surface area contributed by atoms with Crippen molar-refractivity contribution in [1.82, 2.24) is 0 Å². The van der Waals surface area contributed by atoms with Gasteiger partial charge in [0.15, 0.2) is 5.78 Å². The van der Waals surface area contributed by atoms with Crippen molar-refractivity contribution in [3.05, 3.63) is 70.3 Å². The van der Waals surface area contributed by atoms with Crippen molar-refractivity contribution in [2.45, 2.75) is 52.4 Å². The van der Waals surface area contributed by atoms with Crippen molar-refractivity contribution in [2.24, 2.45) is 5.92 Å². The fourth-order valence-electron chi connectivity index (χ4n) is 4.37. The molecule has 3 nitrogen and oxygen atoms in total. The van der Waals surface area contributed by atoms with Crippen LogP contribution in [0.1, 0.15) is 78.9 Å². The van der Waals surface area contributed by atoms with Crippen LogP contribution in [0.15, 0.2) is 42.5 Å². The highest BCUT2D eigenvalue weighted by Gasteiger charge is 2.48. The third-order valence-electron chi connectivity index (χ3n) is 6.50. The first-order valence-electron chi connectivity index (χ1n) is 9.58. The molecule has 0 N–H and O–H groups in total. The molecule has 0 spiro atoms. The normalized spacial score (nSPS) is 19.4. The first-order valence-corrected chi connectivity index (χ1v) is 9.58. The largest absolute Gasteiger partial charge is 0.462 e. The lowest BCUT2D eigenvalue weighted by molar-refractivity contribution is 0.0523. The van der Waals surface area contributed by atoms with Crippen molar-refractivity contribution in [3.8, 4) is 0 Å². The van der Waals surface area contributed by atoms with Gasteiger partial charge in [-0.15, -0.1) is 0 Å². The van der Waals surface area contributed by atoms with Crippen molar-refractivity contribution in [1.29, 1.82) is 0 Å². The van der Waals surface area contributed by atoms with Crippen LogP contribution in [0.3, 0.4) is 0 Å². The average Bonchev–Trinajstić information content (AvgIpc) is 2.78. The van der Waals surface area contributed by atoms with E-state index in [9.17, 15) is 9.59 Å². The topological polar surface area (TPSA) is 43.4 Å². The molecule has 27 heavy (non-hydrogen) atoms. The molecule has 1 atom stereocenters. The summed E-state index contributed by atoms with van der Waals surface area (Å²) in [5, 5.41) is 0. The van der Waals surface area contributed by atoms with Crippen LogP contribution in [-0.4, -0.2) is 18.4 Å². The van der Waals surface area contributed by atoms with Crippen molar-refractivity contribution >= 4 is 11.8 Å². The molecule has 0 saturated carbocycles. The minimum absolute atomic E-state index is 0.0181. The zero-order valence-corrected chi connectivity index (χ0v) is 17.1. The SMILES string of the molecule is CCOC(=O)c1ccccc1C(=O)c1ccc2c(c1)C(C)(C)C(C)C2(C)C. The second-order valence-electron chi connectivity index (χ2n) is 8.52. The molecule has 0 aliphatic heterocycles. The molecule has 0 bridgehead atoms. The van der Waals surface area contributed by atoms with E-state index in [1.165, 1.54) is 11.1 Å². The summed E-state index contributed by atoms with van der Waals surface area (Å²) < 4.78 is 5.11. The van der Waals surface area contributed by atoms with Crippen LogP contribution in [-0.2, 0) is 15.6 Å². The van der Waals surface area contributed by atoms with Gasteiger partial charge < -0.3 is 4.74 Å². The molecule has 3 heteroatoms. The Labute approximate surface area is 161 Å². The van der Waals surface area contributed by atoms with E-state index < -0.39 is 5.97 Å². The number of carbonyl (C=O) groups excluding carboxylic acids is 2. The predicted octanol–water partition coefficient (Wildman–Crippen LogP) is 5.30. The molecule has 0 amide bonds. The average molecular weight is 364 g/mol. The number of ether oxygens (including phenoxy) is 1. The van der Waals surface area contributed by atoms with Gasteiger partial charge in [0.2, 0.25) is 0 Å². The molecule has 0 heterocycles. The Kier molecular flexibility index (Phi) is 4.75. The number of esters is 1. The number of benzene rings is 2. The maximum atomic E-state index is 13.2. The van der Waals surface area contributed by atoms with Gasteiger partial charge in [0, 0.05) is 11.1 Å². The zero-order valence-electron chi connectivity index (χ0n) is 17.1. The van der Waals surface area contributed by atoms with Crippen LogP contribution >= 0.6 is 0 Å². The molecule has 2 aromatic carbocycles. The molecule has 3 rings (SSSR count). The van der Waals surface area contributed by atoms with Gasteiger partial charge >= 0.3 is 5.97 Å². The predicted molar refractivity (Wildman–Crippen MR) is 107 cm³/mol. The number of carbonyl (C=O) groups is 2. The Bertz CT molecular complexity index is 906. The zero-order chi connectivity index (χ0) is 20.0. The quantitative estimate of drug-likeness (QED) is 0.546. The Morgan fingerprint density at radius 3 is 2.15 bits per heavy atom. The van der Waals surface area contributed by atoms with Gasteiger partial charge in [-0.25, -0.2) is 4.79 Å². The molecular weight excluding hydrogens is 336 g/mol. The summed E-state index contributed by atoms with van der Waals surface area (Å²) in [4.78, 5) is 25.5. The van der Waals surface area contributed by atoms with Crippen molar-refractivity contribution < 1.29 is 14.3 Å². The summed E-state index contributed by atoms with van der Waals surface area (Å²) in [6, 6.07) is 12.9. The molecule has 142 valence electrons. The molecule has 1 aliphatic carbocycles. The fourth-order valence-corrected chi connectivity index (χ4v) is 4.37. The summed E-state index contributed by atoms with van der Waals surface area (Å²) in [5.41, 5.74) is 3.88. The highest BCUT2D eigenvalue weighted by Crippen LogP contribution is 2.53. The van der Waals surface area contributed by atoms with Gasteiger partial charge in [0.1, 0.15) is 0 Å². The number of rotatable bonds is 4. The van der Waals surface area contributed by atoms with Crippen molar-refractivity contribution in [2.75, 3.05) is 6.61 Å². The number of ketones is 1. The van der Waals surface area contributed by atoms with Gasteiger partial charge in [0.05, 0.1) is 12.2 Å². The molecule has 0 aromatic heterocycles. The lowest BCUT2D eigenvalue weighted by Gasteiger charge is -2.32. The standard InChI is InChI=1S/C24H28O3/c1-7-27-22(26)18-11-9-8-10-17(18)21(25)16-12-13-19-20(14-16)24(5,6)15(2)23(19,3)4/h8-15H,7H2,1-6H3. The third kappa shape index (κ3) is 2.99. The summed E-state index contributed by atoms with van der Waals surface area (Å²) in [6.45, 7) is 13.3. The van der Waals surface area contributed by atoms with Crippen LogP contribution < -0.4 is 0 Å². The molecule has 0 saturated heterocycles. The van der Waals surface area contributed by atoms with Gasteiger partial charge in [-0.2, -0.15) is 0 Å². The van der Waals surface area contributed by atoms with E-state index in [0.717, 1.165) is 0 Å². The Balaban J connectivity index is 2.07. The fraction of sp³-hybridized carbons (Fsp3) is 0.417. The lowest BCUT2D eigenvalue weighted by atomic mass is 9.71. The van der Waals surface area contributed by atoms with Crippen LogP contribution in [0.5, 0.6) is 0 Å². The number of hydrogen-bond acceptors (Lipinski definition) is 3. The summed E-state index contributed by atoms with van der Waals surface area (Å²) in [7, 11) is 0. The number of fused-ring (bicyclic) bond motifs is 1.